The number of thioether (sulfide) groups is 1. The number of hydrogen-bond donors (Lipinski definition) is 1. The normalized spacial score (nSPS) is 35.8. The van der Waals surface area contributed by atoms with Gasteiger partial charge in [0.2, 0.25) is 0 Å². The molecule has 2 unspecified atom stereocenters. The first-order valence-electron chi connectivity index (χ1n) is 5.40. The van der Waals surface area contributed by atoms with Crippen LogP contribution in [0.4, 0.5) is 0 Å². The highest BCUT2D eigenvalue weighted by Crippen LogP contribution is 2.28. The van der Waals surface area contributed by atoms with Crippen molar-refractivity contribution in [2.75, 3.05) is 31.6 Å². The van der Waals surface area contributed by atoms with Crippen LogP contribution in [0.2, 0.25) is 0 Å². The first-order chi connectivity index (χ1) is 6.42. The molecule has 0 amide bonds. The molecule has 0 aromatic rings. The molecule has 2 heterocycles. The zero-order valence-corrected chi connectivity index (χ0v) is 9.28. The second-order valence-electron chi connectivity index (χ2n) is 4.11. The lowest BCUT2D eigenvalue weighted by atomic mass is 10.1. The molecule has 1 N–H and O–H groups in total. The fourth-order valence-corrected chi connectivity index (χ4v) is 3.81. The summed E-state index contributed by atoms with van der Waals surface area (Å²) >= 11 is 2.13. The number of likely N-dealkylation sites (tertiary alicyclic amines) is 1. The van der Waals surface area contributed by atoms with Crippen molar-refractivity contribution in [1.29, 1.82) is 0 Å². The molecule has 2 fully saturated rings. The number of nitrogens with one attached hydrogen (secondary N) is 1. The van der Waals surface area contributed by atoms with Crippen molar-refractivity contribution in [3.05, 3.63) is 0 Å². The Hall–Kier alpha value is 0.270. The van der Waals surface area contributed by atoms with E-state index in [2.05, 4.69) is 29.0 Å². The van der Waals surface area contributed by atoms with E-state index in [0.29, 0.717) is 0 Å². The van der Waals surface area contributed by atoms with Crippen LogP contribution in [0, 0.1) is 0 Å². The van der Waals surface area contributed by atoms with Crippen LogP contribution in [-0.2, 0) is 0 Å². The van der Waals surface area contributed by atoms with Crippen LogP contribution in [0.15, 0.2) is 0 Å². The van der Waals surface area contributed by atoms with E-state index in [1.807, 2.05) is 0 Å². The van der Waals surface area contributed by atoms with E-state index in [1.54, 1.807) is 0 Å². The molecule has 2 aliphatic rings. The largest absolute Gasteiger partial charge is 0.318 e. The highest BCUT2D eigenvalue weighted by molar-refractivity contribution is 7.99. The van der Waals surface area contributed by atoms with Crippen LogP contribution in [0.5, 0.6) is 0 Å². The molecule has 2 atom stereocenters. The van der Waals surface area contributed by atoms with E-state index in [-0.39, 0.29) is 0 Å². The Morgan fingerprint density at radius 3 is 3.08 bits per heavy atom. The second-order valence-corrected chi connectivity index (χ2v) is 5.26. The van der Waals surface area contributed by atoms with Crippen LogP contribution in [0.3, 0.4) is 0 Å². The molecular formula is C10H20N2S. The number of nitrogens with zero attached hydrogens (tertiary/aromatic N) is 1. The Labute approximate surface area is 85.4 Å². The lowest BCUT2D eigenvalue weighted by molar-refractivity contribution is 0.193. The minimum Gasteiger partial charge on any atom is -0.318 e. The molecule has 13 heavy (non-hydrogen) atoms. The van der Waals surface area contributed by atoms with Crippen molar-refractivity contribution >= 4 is 11.8 Å². The van der Waals surface area contributed by atoms with Gasteiger partial charge in [-0.2, -0.15) is 11.8 Å². The Kier molecular flexibility index (Phi) is 3.52. The molecule has 0 bridgehead atoms. The minimum atomic E-state index is 0.827. The molecule has 2 aliphatic heterocycles. The zero-order chi connectivity index (χ0) is 9.10. The summed E-state index contributed by atoms with van der Waals surface area (Å²) in [6.45, 7) is 2.53. The summed E-state index contributed by atoms with van der Waals surface area (Å²) < 4.78 is 0. The minimum absolute atomic E-state index is 0.827. The third kappa shape index (κ3) is 2.20. The Balaban J connectivity index is 1.88. The maximum atomic E-state index is 3.31. The van der Waals surface area contributed by atoms with Gasteiger partial charge in [-0.25, -0.2) is 0 Å². The van der Waals surface area contributed by atoms with Gasteiger partial charge in [0.25, 0.3) is 0 Å². The fourth-order valence-electron chi connectivity index (χ4n) is 2.58. The van der Waals surface area contributed by atoms with Crippen LogP contribution >= 0.6 is 11.8 Å². The maximum absolute atomic E-state index is 3.31. The summed E-state index contributed by atoms with van der Waals surface area (Å²) in [6.07, 6.45) is 4.24. The lowest BCUT2D eigenvalue weighted by Gasteiger charge is -2.29. The fraction of sp³-hybridized carbons (Fsp3) is 1.00. The lowest BCUT2D eigenvalue weighted by Crippen LogP contribution is -2.43. The molecule has 2 saturated heterocycles. The van der Waals surface area contributed by atoms with Gasteiger partial charge in [0.15, 0.2) is 0 Å². The molecule has 0 radical (unpaired) electrons. The van der Waals surface area contributed by atoms with Crippen molar-refractivity contribution in [3.63, 3.8) is 0 Å². The van der Waals surface area contributed by atoms with Gasteiger partial charge in [-0.15, -0.1) is 0 Å². The predicted octanol–water partition coefficient (Wildman–Crippen LogP) is 1.18. The van der Waals surface area contributed by atoms with Gasteiger partial charge >= 0.3 is 0 Å². The van der Waals surface area contributed by atoms with Gasteiger partial charge in [-0.1, -0.05) is 0 Å². The SMILES string of the molecule is CNCC1CCCN1C1CCSC1. The van der Waals surface area contributed by atoms with Crippen molar-refractivity contribution in [1.82, 2.24) is 10.2 Å². The molecule has 0 aromatic carbocycles. The third-order valence-corrected chi connectivity index (χ3v) is 4.38. The van der Waals surface area contributed by atoms with Gasteiger partial charge < -0.3 is 5.32 Å². The summed E-state index contributed by atoms with van der Waals surface area (Å²) in [5.41, 5.74) is 0. The monoisotopic (exact) mass is 200 g/mol. The third-order valence-electron chi connectivity index (χ3n) is 3.24. The zero-order valence-electron chi connectivity index (χ0n) is 8.46. The highest BCUT2D eigenvalue weighted by atomic mass is 32.2. The maximum Gasteiger partial charge on any atom is 0.0224 e. The van der Waals surface area contributed by atoms with E-state index >= 15 is 0 Å². The number of hydrogen-bond acceptors (Lipinski definition) is 3. The molecule has 76 valence electrons. The van der Waals surface area contributed by atoms with Gasteiger partial charge in [0.05, 0.1) is 0 Å². The van der Waals surface area contributed by atoms with Crippen LogP contribution in [-0.4, -0.2) is 48.6 Å². The van der Waals surface area contributed by atoms with Gasteiger partial charge in [-0.05, 0) is 38.6 Å². The van der Waals surface area contributed by atoms with Crippen molar-refractivity contribution < 1.29 is 0 Å². The van der Waals surface area contributed by atoms with Gasteiger partial charge in [-0.3, -0.25) is 4.90 Å². The van der Waals surface area contributed by atoms with Crippen molar-refractivity contribution in [2.45, 2.75) is 31.3 Å². The molecule has 0 aliphatic carbocycles. The molecule has 0 aromatic heterocycles. The molecule has 2 rings (SSSR count). The van der Waals surface area contributed by atoms with E-state index in [1.165, 1.54) is 43.9 Å². The predicted molar refractivity (Wildman–Crippen MR) is 59.4 cm³/mol. The second kappa shape index (κ2) is 4.67. The topological polar surface area (TPSA) is 15.3 Å². The van der Waals surface area contributed by atoms with Crippen LogP contribution in [0.25, 0.3) is 0 Å². The quantitative estimate of drug-likeness (QED) is 0.736. The summed E-state index contributed by atoms with van der Waals surface area (Å²) in [5.74, 6) is 2.76. The van der Waals surface area contributed by atoms with E-state index in [0.717, 1.165) is 12.1 Å². The number of rotatable bonds is 3. The van der Waals surface area contributed by atoms with E-state index in [9.17, 15) is 0 Å². The Morgan fingerprint density at radius 2 is 2.38 bits per heavy atom. The highest BCUT2D eigenvalue weighted by Gasteiger charge is 2.31. The molecule has 2 nitrogen and oxygen atoms in total. The smallest absolute Gasteiger partial charge is 0.0224 e. The summed E-state index contributed by atoms with van der Waals surface area (Å²) in [4.78, 5) is 2.75. The molecular weight excluding hydrogens is 180 g/mol. The van der Waals surface area contributed by atoms with Crippen LogP contribution in [0.1, 0.15) is 19.3 Å². The Bertz CT molecular complexity index is 157. The molecule has 3 heteroatoms. The van der Waals surface area contributed by atoms with Gasteiger partial charge in [0, 0.05) is 24.4 Å². The average Bonchev–Trinajstić information content (AvgIpc) is 2.71. The summed E-state index contributed by atoms with van der Waals surface area (Å²) in [6, 6.07) is 1.72. The standard InChI is InChI=1S/C10H20N2S/c1-11-7-9-3-2-5-12(9)10-4-6-13-8-10/h9-11H,2-8H2,1H3. The summed E-state index contributed by atoms with van der Waals surface area (Å²) in [7, 11) is 2.07. The average molecular weight is 200 g/mol. The Morgan fingerprint density at radius 1 is 1.46 bits per heavy atom. The van der Waals surface area contributed by atoms with E-state index < -0.39 is 0 Å². The number of likely N-dealkylation sites (N-methyl/N-ethyl adjacent to an activating group) is 1. The first kappa shape index (κ1) is 9.81. The van der Waals surface area contributed by atoms with E-state index in [4.69, 9.17) is 0 Å². The van der Waals surface area contributed by atoms with Crippen LogP contribution < -0.4 is 5.32 Å². The van der Waals surface area contributed by atoms with Crippen molar-refractivity contribution in [2.24, 2.45) is 0 Å². The first-order valence-corrected chi connectivity index (χ1v) is 6.55. The summed E-state index contributed by atoms with van der Waals surface area (Å²) in [5, 5.41) is 3.31. The van der Waals surface area contributed by atoms with Crippen molar-refractivity contribution in [3.8, 4) is 0 Å². The van der Waals surface area contributed by atoms with Gasteiger partial charge in [0.1, 0.15) is 0 Å². The molecule has 0 saturated carbocycles. The molecule has 0 spiro atoms.